The van der Waals surface area contributed by atoms with Crippen molar-refractivity contribution in [2.75, 3.05) is 6.61 Å². The Bertz CT molecular complexity index is 659. The van der Waals surface area contributed by atoms with Crippen molar-refractivity contribution in [1.82, 2.24) is 0 Å². The van der Waals surface area contributed by atoms with E-state index in [1.54, 1.807) is 31.2 Å². The summed E-state index contributed by atoms with van der Waals surface area (Å²) in [6, 6.07) is 14.0. The van der Waals surface area contributed by atoms with Gasteiger partial charge < -0.3 is 9.47 Å². The molecule has 0 heterocycles. The SMILES string of the molecule is CCOC(=O)c1ccc(C(=O)OCc2cccc(C)c2)cc1. The molecule has 4 heteroatoms. The molecule has 0 aromatic heterocycles. The third kappa shape index (κ3) is 4.19. The number of carbonyl (C=O) groups excluding carboxylic acids is 2. The van der Waals surface area contributed by atoms with Gasteiger partial charge in [-0.2, -0.15) is 0 Å². The van der Waals surface area contributed by atoms with Crippen LogP contribution in [0.25, 0.3) is 0 Å². The van der Waals surface area contributed by atoms with Crippen molar-refractivity contribution in [3.05, 3.63) is 70.8 Å². The van der Waals surface area contributed by atoms with Crippen molar-refractivity contribution < 1.29 is 19.1 Å². The van der Waals surface area contributed by atoms with Crippen LogP contribution >= 0.6 is 0 Å². The Morgan fingerprint density at radius 3 is 2.05 bits per heavy atom. The van der Waals surface area contributed by atoms with E-state index in [9.17, 15) is 9.59 Å². The molecule has 114 valence electrons. The second-order valence-electron chi connectivity index (χ2n) is 4.86. The van der Waals surface area contributed by atoms with Crippen LogP contribution in [0.3, 0.4) is 0 Å². The van der Waals surface area contributed by atoms with Crippen LogP contribution in [0, 0.1) is 6.92 Å². The first kappa shape index (κ1) is 15.8. The number of rotatable bonds is 5. The molecule has 0 unspecified atom stereocenters. The van der Waals surface area contributed by atoms with Crippen LogP contribution in [0.4, 0.5) is 0 Å². The lowest BCUT2D eigenvalue weighted by Crippen LogP contribution is -2.07. The molecule has 0 fully saturated rings. The van der Waals surface area contributed by atoms with Gasteiger partial charge in [0.15, 0.2) is 0 Å². The Hall–Kier alpha value is -2.62. The maximum Gasteiger partial charge on any atom is 0.338 e. The molecule has 2 aromatic rings. The summed E-state index contributed by atoms with van der Waals surface area (Å²) in [5, 5.41) is 0. The van der Waals surface area contributed by atoms with E-state index in [1.807, 2.05) is 31.2 Å². The first-order valence-corrected chi connectivity index (χ1v) is 7.10. The first-order valence-electron chi connectivity index (χ1n) is 7.10. The van der Waals surface area contributed by atoms with E-state index in [2.05, 4.69) is 0 Å². The predicted molar refractivity (Wildman–Crippen MR) is 82.7 cm³/mol. The van der Waals surface area contributed by atoms with Gasteiger partial charge >= 0.3 is 11.9 Å². The molecule has 0 radical (unpaired) electrons. The summed E-state index contributed by atoms with van der Waals surface area (Å²) in [6.07, 6.45) is 0. The summed E-state index contributed by atoms with van der Waals surface area (Å²) in [4.78, 5) is 23.5. The number of benzene rings is 2. The zero-order valence-electron chi connectivity index (χ0n) is 12.7. The molecule has 0 saturated carbocycles. The van der Waals surface area contributed by atoms with Gasteiger partial charge in [0.05, 0.1) is 17.7 Å². The molecule has 0 aliphatic rings. The second kappa shape index (κ2) is 7.41. The normalized spacial score (nSPS) is 10.1. The fourth-order valence-corrected chi connectivity index (χ4v) is 1.99. The van der Waals surface area contributed by atoms with Crippen LogP contribution < -0.4 is 0 Å². The highest BCUT2D eigenvalue weighted by molar-refractivity contribution is 5.93. The third-order valence-corrected chi connectivity index (χ3v) is 3.08. The Labute approximate surface area is 129 Å². The van der Waals surface area contributed by atoms with Crippen LogP contribution in [0.5, 0.6) is 0 Å². The lowest BCUT2D eigenvalue weighted by Gasteiger charge is -2.06. The van der Waals surface area contributed by atoms with Crippen LogP contribution in [0.15, 0.2) is 48.5 Å². The van der Waals surface area contributed by atoms with Crippen molar-refractivity contribution >= 4 is 11.9 Å². The Morgan fingerprint density at radius 1 is 0.909 bits per heavy atom. The minimum atomic E-state index is -0.420. The van der Waals surface area contributed by atoms with E-state index >= 15 is 0 Å². The summed E-state index contributed by atoms with van der Waals surface area (Å²) >= 11 is 0. The van der Waals surface area contributed by atoms with Crippen LogP contribution in [-0.4, -0.2) is 18.5 Å². The van der Waals surface area contributed by atoms with Crippen molar-refractivity contribution in [1.29, 1.82) is 0 Å². The highest BCUT2D eigenvalue weighted by Crippen LogP contribution is 2.10. The van der Waals surface area contributed by atoms with Crippen molar-refractivity contribution in [2.45, 2.75) is 20.5 Å². The van der Waals surface area contributed by atoms with Gasteiger partial charge in [-0.15, -0.1) is 0 Å². The van der Waals surface area contributed by atoms with Gasteiger partial charge in [0.25, 0.3) is 0 Å². The highest BCUT2D eigenvalue weighted by Gasteiger charge is 2.10. The summed E-state index contributed by atoms with van der Waals surface area (Å²) in [5.74, 6) is -0.820. The van der Waals surface area contributed by atoms with Crippen molar-refractivity contribution in [3.8, 4) is 0 Å². The van der Waals surface area contributed by atoms with Crippen LogP contribution in [0.2, 0.25) is 0 Å². The Balaban J connectivity index is 1.96. The van der Waals surface area contributed by atoms with Crippen molar-refractivity contribution in [2.24, 2.45) is 0 Å². The number of hydrogen-bond donors (Lipinski definition) is 0. The van der Waals surface area contributed by atoms with E-state index in [4.69, 9.17) is 9.47 Å². The van der Waals surface area contributed by atoms with E-state index in [0.717, 1.165) is 11.1 Å². The zero-order valence-corrected chi connectivity index (χ0v) is 12.7. The summed E-state index contributed by atoms with van der Waals surface area (Å²) < 4.78 is 10.2. The quantitative estimate of drug-likeness (QED) is 0.792. The maximum atomic E-state index is 12.0. The minimum absolute atomic E-state index is 0.222. The number of carbonyl (C=O) groups is 2. The second-order valence-corrected chi connectivity index (χ2v) is 4.86. The molecule has 0 saturated heterocycles. The Kier molecular flexibility index (Phi) is 5.31. The van der Waals surface area contributed by atoms with Gasteiger partial charge in [0.1, 0.15) is 6.61 Å². The van der Waals surface area contributed by atoms with Crippen LogP contribution in [-0.2, 0) is 16.1 Å². The molecular weight excluding hydrogens is 280 g/mol. The third-order valence-electron chi connectivity index (χ3n) is 3.08. The summed E-state index contributed by atoms with van der Waals surface area (Å²) in [5.41, 5.74) is 2.88. The summed E-state index contributed by atoms with van der Waals surface area (Å²) in [6.45, 7) is 4.27. The first-order chi connectivity index (χ1) is 10.6. The van der Waals surface area contributed by atoms with E-state index in [-0.39, 0.29) is 6.61 Å². The molecule has 0 aliphatic carbocycles. The number of esters is 2. The smallest absolute Gasteiger partial charge is 0.338 e. The molecule has 0 aliphatic heterocycles. The number of aryl methyl sites for hydroxylation is 1. The maximum absolute atomic E-state index is 12.0. The average Bonchev–Trinajstić information content (AvgIpc) is 2.53. The number of ether oxygens (including phenoxy) is 2. The van der Waals surface area contributed by atoms with Crippen LogP contribution in [0.1, 0.15) is 38.8 Å². The average molecular weight is 298 g/mol. The molecule has 22 heavy (non-hydrogen) atoms. The minimum Gasteiger partial charge on any atom is -0.462 e. The van der Waals surface area contributed by atoms with Gasteiger partial charge in [-0.3, -0.25) is 0 Å². The molecular formula is C18H18O4. The monoisotopic (exact) mass is 298 g/mol. The van der Waals surface area contributed by atoms with Crippen molar-refractivity contribution in [3.63, 3.8) is 0 Å². The topological polar surface area (TPSA) is 52.6 Å². The fraction of sp³-hybridized carbons (Fsp3) is 0.222. The lowest BCUT2D eigenvalue weighted by molar-refractivity contribution is 0.0469. The molecule has 2 rings (SSSR count). The largest absolute Gasteiger partial charge is 0.462 e. The molecule has 4 nitrogen and oxygen atoms in total. The van der Waals surface area contributed by atoms with Gasteiger partial charge in [0, 0.05) is 0 Å². The number of hydrogen-bond acceptors (Lipinski definition) is 4. The van der Waals surface area contributed by atoms with Gasteiger partial charge in [-0.1, -0.05) is 29.8 Å². The molecule has 0 spiro atoms. The van der Waals surface area contributed by atoms with Gasteiger partial charge in [-0.05, 0) is 43.7 Å². The summed E-state index contributed by atoms with van der Waals surface area (Å²) in [7, 11) is 0. The molecule has 2 aromatic carbocycles. The predicted octanol–water partition coefficient (Wildman–Crippen LogP) is 3.53. The zero-order chi connectivity index (χ0) is 15.9. The standard InChI is InChI=1S/C18H18O4/c1-3-21-17(19)15-7-9-16(10-8-15)18(20)22-12-14-6-4-5-13(2)11-14/h4-11H,3,12H2,1-2H3. The van der Waals surface area contributed by atoms with E-state index < -0.39 is 11.9 Å². The highest BCUT2D eigenvalue weighted by atomic mass is 16.5. The molecule has 0 atom stereocenters. The van der Waals surface area contributed by atoms with Gasteiger partial charge in [-0.25, -0.2) is 9.59 Å². The Morgan fingerprint density at radius 2 is 1.50 bits per heavy atom. The molecule has 0 amide bonds. The fourth-order valence-electron chi connectivity index (χ4n) is 1.99. The molecule has 0 bridgehead atoms. The van der Waals surface area contributed by atoms with E-state index in [1.165, 1.54) is 0 Å². The van der Waals surface area contributed by atoms with Gasteiger partial charge in [0.2, 0.25) is 0 Å². The van der Waals surface area contributed by atoms with E-state index in [0.29, 0.717) is 17.7 Å². The molecule has 0 N–H and O–H groups in total. The lowest BCUT2D eigenvalue weighted by atomic mass is 10.1.